The van der Waals surface area contributed by atoms with Gasteiger partial charge in [-0.2, -0.15) is 0 Å². The molecule has 0 saturated carbocycles. The lowest BCUT2D eigenvalue weighted by Gasteiger charge is -2.35. The normalized spacial score (nSPS) is 16.1. The molecule has 27 heavy (non-hydrogen) atoms. The van der Waals surface area contributed by atoms with E-state index in [1.165, 1.54) is 0 Å². The topological polar surface area (TPSA) is 47.9 Å². The Hall–Kier alpha value is -1.98. The first-order valence-corrected chi connectivity index (χ1v) is 9.23. The van der Waals surface area contributed by atoms with Crippen LogP contribution in [0, 0.1) is 0 Å². The van der Waals surface area contributed by atoms with Crippen molar-refractivity contribution in [3.8, 4) is 0 Å². The first-order chi connectivity index (χ1) is 13.1. The molecule has 0 unspecified atom stereocenters. The van der Waals surface area contributed by atoms with Gasteiger partial charge >= 0.3 is 0 Å². The molecule has 0 aliphatic carbocycles. The summed E-state index contributed by atoms with van der Waals surface area (Å²) in [4.78, 5) is 0. The van der Waals surface area contributed by atoms with Crippen molar-refractivity contribution in [3.63, 3.8) is 0 Å². The van der Waals surface area contributed by atoms with E-state index in [2.05, 4.69) is 0 Å². The fourth-order valence-electron chi connectivity index (χ4n) is 2.99. The summed E-state index contributed by atoms with van der Waals surface area (Å²) >= 11 is 0. The molecule has 146 valence electrons. The van der Waals surface area contributed by atoms with Crippen molar-refractivity contribution in [3.05, 3.63) is 83.9 Å². The summed E-state index contributed by atoms with van der Waals surface area (Å²) in [7, 11) is 1.61. The number of allylic oxidation sites excluding steroid dienone is 1. The Morgan fingerprint density at radius 3 is 2.04 bits per heavy atom. The van der Waals surface area contributed by atoms with Gasteiger partial charge in [0, 0.05) is 7.11 Å². The number of benzene rings is 2. The van der Waals surface area contributed by atoms with Gasteiger partial charge in [-0.15, -0.1) is 0 Å². The van der Waals surface area contributed by atoms with Crippen molar-refractivity contribution in [1.29, 1.82) is 0 Å². The Kier molecular flexibility index (Phi) is 8.69. The second-order valence-corrected chi connectivity index (χ2v) is 6.72. The van der Waals surface area contributed by atoms with Crippen molar-refractivity contribution in [2.45, 2.75) is 44.9 Å². The first kappa shape index (κ1) is 21.3. The van der Waals surface area contributed by atoms with Gasteiger partial charge in [0.1, 0.15) is 17.8 Å². The van der Waals surface area contributed by atoms with E-state index in [9.17, 15) is 5.11 Å². The summed E-state index contributed by atoms with van der Waals surface area (Å²) in [6, 6.07) is 19.9. The third-order valence-electron chi connectivity index (χ3n) is 4.39. The number of hydrogen-bond acceptors (Lipinski definition) is 4. The standard InChI is InChI=1S/C23H30O4/c1-4-15-23(2,24)22(27-17-20-13-9-6-10-14-20)21(25-3)18-26-16-19-11-7-5-8-12-19/h4-15,21-22,24H,16-18H2,1-3H3/b15-4+/t21-,22+,23-/m0/s1. The molecule has 2 rings (SSSR count). The molecule has 4 heteroatoms. The van der Waals surface area contributed by atoms with E-state index in [-0.39, 0.29) is 0 Å². The molecule has 4 nitrogen and oxygen atoms in total. The quantitative estimate of drug-likeness (QED) is 0.604. The third-order valence-corrected chi connectivity index (χ3v) is 4.39. The van der Waals surface area contributed by atoms with E-state index < -0.39 is 17.8 Å². The molecule has 1 N–H and O–H groups in total. The monoisotopic (exact) mass is 370 g/mol. The number of methoxy groups -OCH3 is 1. The van der Waals surface area contributed by atoms with E-state index in [4.69, 9.17) is 14.2 Å². The lowest BCUT2D eigenvalue weighted by molar-refractivity contribution is -0.158. The molecule has 0 heterocycles. The molecule has 0 aliphatic rings. The highest BCUT2D eigenvalue weighted by molar-refractivity contribution is 5.14. The fourth-order valence-corrected chi connectivity index (χ4v) is 2.99. The maximum atomic E-state index is 10.9. The van der Waals surface area contributed by atoms with Gasteiger partial charge in [0.15, 0.2) is 0 Å². The van der Waals surface area contributed by atoms with Crippen molar-refractivity contribution in [2.75, 3.05) is 13.7 Å². The summed E-state index contributed by atoms with van der Waals surface area (Å²) < 4.78 is 17.6. The van der Waals surface area contributed by atoms with Crippen LogP contribution in [0.25, 0.3) is 0 Å². The summed E-state index contributed by atoms with van der Waals surface area (Å²) in [6.07, 6.45) is 2.56. The van der Waals surface area contributed by atoms with Crippen LogP contribution in [0.15, 0.2) is 72.8 Å². The van der Waals surface area contributed by atoms with Crippen molar-refractivity contribution in [2.24, 2.45) is 0 Å². The Morgan fingerprint density at radius 2 is 1.52 bits per heavy atom. The Balaban J connectivity index is 2.04. The predicted octanol–water partition coefficient (Wildman–Crippen LogP) is 4.13. The fraction of sp³-hybridized carbons (Fsp3) is 0.391. The first-order valence-electron chi connectivity index (χ1n) is 9.23. The molecule has 3 atom stereocenters. The van der Waals surface area contributed by atoms with E-state index in [1.807, 2.05) is 73.7 Å². The van der Waals surface area contributed by atoms with E-state index >= 15 is 0 Å². The zero-order valence-corrected chi connectivity index (χ0v) is 16.4. The van der Waals surface area contributed by atoms with Gasteiger partial charge in [0.2, 0.25) is 0 Å². The van der Waals surface area contributed by atoms with Crippen LogP contribution in [0.2, 0.25) is 0 Å². The minimum Gasteiger partial charge on any atom is -0.383 e. The molecule has 0 saturated heterocycles. The Labute approximate surface area is 162 Å². The van der Waals surface area contributed by atoms with Gasteiger partial charge in [-0.05, 0) is 25.0 Å². The number of ether oxygens (including phenoxy) is 3. The number of aliphatic hydroxyl groups is 1. The van der Waals surface area contributed by atoms with Crippen LogP contribution in [-0.4, -0.2) is 36.6 Å². The zero-order valence-electron chi connectivity index (χ0n) is 16.4. The lowest BCUT2D eigenvalue weighted by Crippen LogP contribution is -2.50. The maximum absolute atomic E-state index is 10.9. The van der Waals surface area contributed by atoms with Gasteiger partial charge in [-0.25, -0.2) is 0 Å². The maximum Gasteiger partial charge on any atom is 0.118 e. The molecule has 0 fully saturated rings. The van der Waals surface area contributed by atoms with Gasteiger partial charge in [0.25, 0.3) is 0 Å². The highest BCUT2D eigenvalue weighted by Crippen LogP contribution is 2.23. The summed E-state index contributed by atoms with van der Waals surface area (Å²) in [5.74, 6) is 0. The van der Waals surface area contributed by atoms with Crippen molar-refractivity contribution < 1.29 is 19.3 Å². The smallest absolute Gasteiger partial charge is 0.118 e. The Bertz CT molecular complexity index is 667. The van der Waals surface area contributed by atoms with Gasteiger partial charge in [-0.1, -0.05) is 72.8 Å². The van der Waals surface area contributed by atoms with E-state index in [0.29, 0.717) is 19.8 Å². The average molecular weight is 370 g/mol. The summed E-state index contributed by atoms with van der Waals surface area (Å²) in [5, 5.41) is 10.9. The van der Waals surface area contributed by atoms with Crippen LogP contribution < -0.4 is 0 Å². The minimum atomic E-state index is -1.18. The molecular weight excluding hydrogens is 340 g/mol. The van der Waals surface area contributed by atoms with Crippen LogP contribution in [0.1, 0.15) is 25.0 Å². The average Bonchev–Trinajstić information content (AvgIpc) is 2.68. The molecule has 0 aliphatic heterocycles. The van der Waals surface area contributed by atoms with Crippen LogP contribution in [-0.2, 0) is 27.4 Å². The van der Waals surface area contributed by atoms with Crippen LogP contribution >= 0.6 is 0 Å². The third kappa shape index (κ3) is 6.92. The van der Waals surface area contributed by atoms with Gasteiger partial charge < -0.3 is 19.3 Å². The largest absolute Gasteiger partial charge is 0.383 e. The van der Waals surface area contributed by atoms with Crippen molar-refractivity contribution >= 4 is 0 Å². The highest BCUT2D eigenvalue weighted by Gasteiger charge is 2.37. The SMILES string of the molecule is C/C=C/[C@](C)(O)[C@H](OCc1ccccc1)[C@H](COCc1ccccc1)OC. The van der Waals surface area contributed by atoms with Crippen molar-refractivity contribution in [1.82, 2.24) is 0 Å². The molecular formula is C23H30O4. The lowest BCUT2D eigenvalue weighted by atomic mass is 9.94. The van der Waals surface area contributed by atoms with Gasteiger partial charge in [0.05, 0.1) is 19.8 Å². The summed E-state index contributed by atoms with van der Waals surface area (Å²) in [5.41, 5.74) is 0.952. The molecule has 0 amide bonds. The van der Waals surface area contributed by atoms with E-state index in [1.54, 1.807) is 20.1 Å². The molecule has 0 aromatic heterocycles. The van der Waals surface area contributed by atoms with Gasteiger partial charge in [-0.3, -0.25) is 0 Å². The predicted molar refractivity (Wildman–Crippen MR) is 107 cm³/mol. The second kappa shape index (κ2) is 11.0. The van der Waals surface area contributed by atoms with Crippen LogP contribution in [0.5, 0.6) is 0 Å². The highest BCUT2D eigenvalue weighted by atomic mass is 16.6. The summed E-state index contributed by atoms with van der Waals surface area (Å²) in [6.45, 7) is 4.79. The number of hydrogen-bond donors (Lipinski definition) is 1. The molecule has 2 aromatic rings. The Morgan fingerprint density at radius 1 is 0.963 bits per heavy atom. The minimum absolute atomic E-state index is 0.318. The molecule has 2 aromatic carbocycles. The molecule has 0 spiro atoms. The molecule has 0 bridgehead atoms. The zero-order chi connectivity index (χ0) is 19.5. The molecule has 0 radical (unpaired) electrons. The van der Waals surface area contributed by atoms with Crippen LogP contribution in [0.4, 0.5) is 0 Å². The van der Waals surface area contributed by atoms with E-state index in [0.717, 1.165) is 11.1 Å². The second-order valence-electron chi connectivity index (χ2n) is 6.72. The van der Waals surface area contributed by atoms with Crippen LogP contribution in [0.3, 0.4) is 0 Å². The number of rotatable bonds is 11.